The number of thiazole rings is 1. The molecule has 0 saturated heterocycles. The zero-order valence-corrected chi connectivity index (χ0v) is 15.3. The van der Waals surface area contributed by atoms with Crippen molar-refractivity contribution in [1.82, 2.24) is 4.98 Å². The average molecular weight is 340 g/mol. The van der Waals surface area contributed by atoms with E-state index in [1.54, 1.807) is 11.3 Å². The lowest BCUT2D eigenvalue weighted by Gasteiger charge is -2.11. The summed E-state index contributed by atoms with van der Waals surface area (Å²) in [5.74, 6) is 0.682. The molecule has 0 saturated carbocycles. The van der Waals surface area contributed by atoms with E-state index in [0.29, 0.717) is 12.5 Å². The quantitative estimate of drug-likeness (QED) is 0.662. The zero-order valence-electron chi connectivity index (χ0n) is 14.5. The van der Waals surface area contributed by atoms with Gasteiger partial charge in [0.1, 0.15) is 7.05 Å². The Hall–Kier alpha value is -2.40. The fourth-order valence-corrected chi connectivity index (χ4v) is 3.47. The standard InChI is InChI=1S/C19H22N3OS/c1-5-23-17-12-11-16-19(20-17)24-18(22(16)4)13-8-14-6-9-15(10-7-14)21(2)3/h6-13H,5H2,1-4H3/q+1. The van der Waals surface area contributed by atoms with Gasteiger partial charge in [0.15, 0.2) is 4.83 Å². The van der Waals surface area contributed by atoms with Crippen LogP contribution in [0.2, 0.25) is 0 Å². The van der Waals surface area contributed by atoms with Crippen LogP contribution in [0.15, 0.2) is 36.4 Å². The van der Waals surface area contributed by atoms with E-state index in [9.17, 15) is 0 Å². The van der Waals surface area contributed by atoms with E-state index in [-0.39, 0.29) is 0 Å². The second kappa shape index (κ2) is 7.01. The maximum atomic E-state index is 5.49. The van der Waals surface area contributed by atoms with Crippen LogP contribution in [0.4, 0.5) is 5.69 Å². The molecular weight excluding hydrogens is 318 g/mol. The smallest absolute Gasteiger partial charge is 0.264 e. The number of hydrogen-bond donors (Lipinski definition) is 0. The first-order valence-electron chi connectivity index (χ1n) is 7.96. The van der Waals surface area contributed by atoms with Gasteiger partial charge in [-0.2, -0.15) is 9.55 Å². The highest BCUT2D eigenvalue weighted by Crippen LogP contribution is 2.23. The van der Waals surface area contributed by atoms with E-state index in [0.717, 1.165) is 15.4 Å². The number of nitrogens with zero attached hydrogens (tertiary/aromatic N) is 3. The maximum absolute atomic E-state index is 5.49. The molecule has 24 heavy (non-hydrogen) atoms. The Balaban J connectivity index is 1.87. The van der Waals surface area contributed by atoms with Gasteiger partial charge in [-0.3, -0.25) is 0 Å². The summed E-state index contributed by atoms with van der Waals surface area (Å²) < 4.78 is 7.65. The van der Waals surface area contributed by atoms with Crippen LogP contribution >= 0.6 is 11.3 Å². The fraction of sp³-hybridized carbons (Fsp3) is 0.263. The van der Waals surface area contributed by atoms with Crippen LogP contribution < -0.4 is 14.2 Å². The maximum Gasteiger partial charge on any atom is 0.264 e. The van der Waals surface area contributed by atoms with Gasteiger partial charge in [0.2, 0.25) is 11.4 Å². The second-order valence-electron chi connectivity index (χ2n) is 5.73. The molecule has 2 aromatic heterocycles. The van der Waals surface area contributed by atoms with Crippen LogP contribution in [0, 0.1) is 0 Å². The first-order valence-corrected chi connectivity index (χ1v) is 8.78. The molecule has 0 spiro atoms. The Morgan fingerprint density at radius 2 is 1.88 bits per heavy atom. The lowest BCUT2D eigenvalue weighted by atomic mass is 10.2. The van der Waals surface area contributed by atoms with E-state index >= 15 is 0 Å². The average Bonchev–Trinajstić information content (AvgIpc) is 2.89. The molecule has 1 aromatic carbocycles. The number of rotatable bonds is 5. The summed E-state index contributed by atoms with van der Waals surface area (Å²) in [6, 6.07) is 12.5. The summed E-state index contributed by atoms with van der Waals surface area (Å²) in [6.45, 7) is 2.60. The van der Waals surface area contributed by atoms with Crippen LogP contribution in [0.5, 0.6) is 5.88 Å². The first kappa shape index (κ1) is 16.5. The van der Waals surface area contributed by atoms with E-state index in [1.165, 1.54) is 11.3 Å². The van der Waals surface area contributed by atoms with Gasteiger partial charge in [0, 0.05) is 38.0 Å². The Kier molecular flexibility index (Phi) is 4.81. The van der Waals surface area contributed by atoms with Crippen molar-refractivity contribution in [2.45, 2.75) is 6.92 Å². The molecule has 0 radical (unpaired) electrons. The zero-order chi connectivity index (χ0) is 17.1. The van der Waals surface area contributed by atoms with Crippen molar-refractivity contribution in [3.63, 3.8) is 0 Å². The molecule has 0 fully saturated rings. The number of hydrogen-bond acceptors (Lipinski definition) is 4. The minimum Gasteiger partial charge on any atom is -0.478 e. The summed E-state index contributed by atoms with van der Waals surface area (Å²) in [7, 11) is 6.16. The van der Waals surface area contributed by atoms with Crippen molar-refractivity contribution >= 4 is 39.5 Å². The van der Waals surface area contributed by atoms with E-state index < -0.39 is 0 Å². The molecule has 5 heteroatoms. The van der Waals surface area contributed by atoms with Gasteiger partial charge in [0.25, 0.3) is 5.01 Å². The Labute approximate surface area is 146 Å². The van der Waals surface area contributed by atoms with E-state index in [1.807, 2.05) is 27.1 Å². The van der Waals surface area contributed by atoms with Gasteiger partial charge in [-0.25, -0.2) is 0 Å². The summed E-state index contributed by atoms with van der Waals surface area (Å²) in [6.07, 6.45) is 4.27. The molecule has 3 rings (SSSR count). The first-order chi connectivity index (χ1) is 11.6. The molecule has 0 aliphatic heterocycles. The van der Waals surface area contributed by atoms with Crippen LogP contribution in [0.3, 0.4) is 0 Å². The normalized spacial score (nSPS) is 11.3. The van der Waals surface area contributed by atoms with Gasteiger partial charge >= 0.3 is 0 Å². The molecule has 2 heterocycles. The van der Waals surface area contributed by atoms with Crippen LogP contribution in [0.1, 0.15) is 17.5 Å². The monoisotopic (exact) mass is 340 g/mol. The van der Waals surface area contributed by atoms with Gasteiger partial charge in [0.05, 0.1) is 6.61 Å². The third kappa shape index (κ3) is 3.41. The largest absolute Gasteiger partial charge is 0.478 e. The van der Waals surface area contributed by atoms with Gasteiger partial charge in [-0.05, 0) is 42.0 Å². The van der Waals surface area contributed by atoms with Crippen molar-refractivity contribution in [2.24, 2.45) is 7.05 Å². The number of pyridine rings is 1. The highest BCUT2D eigenvalue weighted by atomic mass is 32.1. The number of aromatic nitrogens is 2. The summed E-state index contributed by atoms with van der Waals surface area (Å²) in [5.41, 5.74) is 3.50. The van der Waals surface area contributed by atoms with Crippen molar-refractivity contribution in [3.8, 4) is 5.88 Å². The molecule has 0 N–H and O–H groups in total. The minimum atomic E-state index is 0.631. The molecule has 0 atom stereocenters. The Bertz CT molecular complexity index is 866. The molecule has 0 bridgehead atoms. The topological polar surface area (TPSA) is 29.2 Å². The number of aryl methyl sites for hydroxylation is 1. The number of ether oxygens (including phenoxy) is 1. The Morgan fingerprint density at radius 3 is 2.54 bits per heavy atom. The highest BCUT2D eigenvalue weighted by molar-refractivity contribution is 7.18. The van der Waals surface area contributed by atoms with Gasteiger partial charge < -0.3 is 9.64 Å². The number of anilines is 1. The van der Waals surface area contributed by atoms with E-state index in [2.05, 4.69) is 64.0 Å². The fourth-order valence-electron chi connectivity index (χ4n) is 2.46. The lowest BCUT2D eigenvalue weighted by Crippen LogP contribution is -2.28. The highest BCUT2D eigenvalue weighted by Gasteiger charge is 2.16. The lowest BCUT2D eigenvalue weighted by molar-refractivity contribution is -0.642. The molecule has 4 nitrogen and oxygen atoms in total. The van der Waals surface area contributed by atoms with Crippen molar-refractivity contribution in [2.75, 3.05) is 25.6 Å². The summed E-state index contributed by atoms with van der Waals surface area (Å²) in [5, 5.41) is 1.16. The van der Waals surface area contributed by atoms with Gasteiger partial charge in [-0.15, -0.1) is 0 Å². The Morgan fingerprint density at radius 1 is 1.12 bits per heavy atom. The van der Waals surface area contributed by atoms with E-state index in [4.69, 9.17) is 4.74 Å². The molecule has 3 aromatic rings. The van der Waals surface area contributed by atoms with Gasteiger partial charge in [-0.1, -0.05) is 12.1 Å². The predicted molar refractivity (Wildman–Crippen MR) is 102 cm³/mol. The third-order valence-corrected chi connectivity index (χ3v) is 4.94. The second-order valence-corrected chi connectivity index (χ2v) is 6.73. The minimum absolute atomic E-state index is 0.631. The summed E-state index contributed by atoms with van der Waals surface area (Å²) >= 11 is 1.67. The molecular formula is C19H22N3OS+. The van der Waals surface area contributed by atoms with Crippen molar-refractivity contribution in [3.05, 3.63) is 47.0 Å². The number of fused-ring (bicyclic) bond motifs is 1. The SMILES string of the molecule is CCOc1ccc2c(n1)sc(C=Cc1ccc(N(C)C)cc1)[n+]2C. The summed E-state index contributed by atoms with van der Waals surface area (Å²) in [4.78, 5) is 7.66. The van der Waals surface area contributed by atoms with Crippen molar-refractivity contribution in [1.29, 1.82) is 0 Å². The molecule has 0 amide bonds. The van der Waals surface area contributed by atoms with Crippen LogP contribution in [-0.2, 0) is 7.05 Å². The number of benzene rings is 1. The van der Waals surface area contributed by atoms with Crippen molar-refractivity contribution < 1.29 is 9.30 Å². The molecule has 0 aliphatic rings. The molecule has 124 valence electrons. The predicted octanol–water partition coefficient (Wildman–Crippen LogP) is 3.76. The molecule has 0 unspecified atom stereocenters. The van der Waals surface area contributed by atoms with Crippen LogP contribution in [0.25, 0.3) is 22.5 Å². The molecule has 0 aliphatic carbocycles. The van der Waals surface area contributed by atoms with Crippen LogP contribution in [-0.4, -0.2) is 25.7 Å². The third-order valence-electron chi connectivity index (χ3n) is 3.83.